The Morgan fingerprint density at radius 2 is 1.85 bits per heavy atom. The van der Waals surface area contributed by atoms with E-state index in [1.54, 1.807) is 0 Å². The van der Waals surface area contributed by atoms with E-state index in [2.05, 4.69) is 91.1 Å². The van der Waals surface area contributed by atoms with Crippen LogP contribution in [-0.4, -0.2) is 6.54 Å². The predicted molar refractivity (Wildman–Crippen MR) is 95.2 cm³/mol. The molecule has 1 atom stereocenters. The summed E-state index contributed by atoms with van der Waals surface area (Å²) in [5, 5.41) is 3.63. The second-order valence-electron chi connectivity index (χ2n) is 5.28. The first-order valence-corrected chi connectivity index (χ1v) is 8.23. The predicted octanol–water partition coefficient (Wildman–Crippen LogP) is 4.80. The maximum Gasteiger partial charge on any atom is 0.0371 e. The van der Waals surface area contributed by atoms with Crippen molar-refractivity contribution in [1.29, 1.82) is 0 Å². The molecule has 20 heavy (non-hydrogen) atoms. The van der Waals surface area contributed by atoms with Crippen LogP contribution in [0.15, 0.2) is 42.5 Å². The topological polar surface area (TPSA) is 12.0 Å². The van der Waals surface area contributed by atoms with Gasteiger partial charge in [-0.1, -0.05) is 55.0 Å². The van der Waals surface area contributed by atoms with Crippen LogP contribution in [0.4, 0.5) is 0 Å². The third kappa shape index (κ3) is 3.83. The van der Waals surface area contributed by atoms with Crippen LogP contribution in [0.3, 0.4) is 0 Å². The smallest absolute Gasteiger partial charge is 0.0371 e. The molecular formula is C18H22IN. The first-order valence-electron chi connectivity index (χ1n) is 7.15. The monoisotopic (exact) mass is 379 g/mol. The minimum Gasteiger partial charge on any atom is -0.310 e. The first-order chi connectivity index (χ1) is 9.61. The van der Waals surface area contributed by atoms with E-state index in [1.807, 2.05) is 0 Å². The van der Waals surface area contributed by atoms with Crippen molar-refractivity contribution in [2.45, 2.75) is 33.2 Å². The van der Waals surface area contributed by atoms with Crippen LogP contribution in [0, 0.1) is 17.4 Å². The maximum absolute atomic E-state index is 3.63. The summed E-state index contributed by atoms with van der Waals surface area (Å²) in [5.74, 6) is 0. The van der Waals surface area contributed by atoms with Gasteiger partial charge in [0.1, 0.15) is 0 Å². The minimum atomic E-state index is 0.383. The number of hydrogen-bond acceptors (Lipinski definition) is 1. The number of likely N-dealkylation sites (N-methyl/N-ethyl adjacent to an activating group) is 1. The van der Waals surface area contributed by atoms with Gasteiger partial charge in [-0.05, 0) is 66.1 Å². The van der Waals surface area contributed by atoms with Gasteiger partial charge in [0.15, 0.2) is 0 Å². The van der Waals surface area contributed by atoms with Crippen molar-refractivity contribution in [2.24, 2.45) is 0 Å². The van der Waals surface area contributed by atoms with E-state index >= 15 is 0 Å². The van der Waals surface area contributed by atoms with Crippen molar-refractivity contribution in [3.63, 3.8) is 0 Å². The Morgan fingerprint density at radius 1 is 1.10 bits per heavy atom. The molecule has 106 valence electrons. The number of nitrogens with one attached hydrogen (secondary N) is 1. The molecule has 2 rings (SSSR count). The van der Waals surface area contributed by atoms with Gasteiger partial charge in [-0.2, -0.15) is 0 Å². The molecule has 0 amide bonds. The molecule has 0 fully saturated rings. The molecule has 2 aromatic rings. The highest BCUT2D eigenvalue weighted by Gasteiger charge is 2.15. The lowest BCUT2D eigenvalue weighted by atomic mass is 9.97. The molecule has 0 bridgehead atoms. The highest BCUT2D eigenvalue weighted by atomic mass is 127. The maximum atomic E-state index is 3.63. The van der Waals surface area contributed by atoms with Crippen molar-refractivity contribution >= 4 is 22.6 Å². The van der Waals surface area contributed by atoms with Crippen molar-refractivity contribution in [2.75, 3.05) is 6.54 Å². The Bertz CT molecular complexity index is 577. The summed E-state index contributed by atoms with van der Waals surface area (Å²) in [5.41, 5.74) is 5.49. The standard InChI is InChI=1S/C18H22IN/c1-4-20-17(12-15-9-5-7-13(2)11-15)16-10-6-8-14(3)18(16)19/h5-11,17,20H,4,12H2,1-3H3. The van der Waals surface area contributed by atoms with E-state index in [0.717, 1.165) is 13.0 Å². The molecule has 0 radical (unpaired) electrons. The Labute approximate surface area is 135 Å². The number of benzene rings is 2. The summed E-state index contributed by atoms with van der Waals surface area (Å²) in [6.45, 7) is 7.50. The van der Waals surface area contributed by atoms with Crippen LogP contribution in [0.5, 0.6) is 0 Å². The number of aryl methyl sites for hydroxylation is 2. The zero-order valence-electron chi connectivity index (χ0n) is 12.4. The van der Waals surface area contributed by atoms with Gasteiger partial charge in [0.25, 0.3) is 0 Å². The fraction of sp³-hybridized carbons (Fsp3) is 0.333. The van der Waals surface area contributed by atoms with Gasteiger partial charge < -0.3 is 5.32 Å². The normalized spacial score (nSPS) is 12.4. The molecule has 0 saturated carbocycles. The molecule has 0 aliphatic heterocycles. The van der Waals surface area contributed by atoms with E-state index in [4.69, 9.17) is 0 Å². The van der Waals surface area contributed by atoms with Gasteiger partial charge in [-0.25, -0.2) is 0 Å². The van der Waals surface area contributed by atoms with E-state index in [1.165, 1.54) is 25.8 Å². The third-order valence-corrected chi connectivity index (χ3v) is 5.04. The van der Waals surface area contributed by atoms with Crippen LogP contribution in [0.1, 0.15) is 35.2 Å². The van der Waals surface area contributed by atoms with Crippen LogP contribution in [0.2, 0.25) is 0 Å². The fourth-order valence-electron chi connectivity index (χ4n) is 2.55. The number of rotatable bonds is 5. The van der Waals surface area contributed by atoms with E-state index in [0.29, 0.717) is 6.04 Å². The van der Waals surface area contributed by atoms with Gasteiger partial charge in [0.05, 0.1) is 0 Å². The fourth-order valence-corrected chi connectivity index (χ4v) is 3.29. The molecule has 1 N–H and O–H groups in total. The van der Waals surface area contributed by atoms with E-state index in [-0.39, 0.29) is 0 Å². The van der Waals surface area contributed by atoms with Crippen molar-refractivity contribution in [3.8, 4) is 0 Å². The number of halogens is 1. The third-order valence-electron chi connectivity index (χ3n) is 3.57. The van der Waals surface area contributed by atoms with Crippen LogP contribution in [-0.2, 0) is 6.42 Å². The van der Waals surface area contributed by atoms with Crippen LogP contribution < -0.4 is 5.32 Å². The summed E-state index contributed by atoms with van der Waals surface area (Å²) in [7, 11) is 0. The number of hydrogen-bond donors (Lipinski definition) is 1. The molecule has 1 unspecified atom stereocenters. The summed E-state index contributed by atoms with van der Waals surface area (Å²) in [6.07, 6.45) is 1.04. The highest BCUT2D eigenvalue weighted by molar-refractivity contribution is 14.1. The minimum absolute atomic E-state index is 0.383. The van der Waals surface area contributed by atoms with E-state index < -0.39 is 0 Å². The second-order valence-corrected chi connectivity index (χ2v) is 6.36. The molecule has 0 aliphatic carbocycles. The first kappa shape index (κ1) is 15.5. The van der Waals surface area contributed by atoms with Crippen LogP contribution in [0.25, 0.3) is 0 Å². The van der Waals surface area contributed by atoms with Gasteiger partial charge in [-0.3, -0.25) is 0 Å². The molecular weight excluding hydrogens is 357 g/mol. The molecule has 0 saturated heterocycles. The van der Waals surface area contributed by atoms with Gasteiger partial charge in [0, 0.05) is 9.61 Å². The van der Waals surface area contributed by atoms with Crippen LogP contribution >= 0.6 is 22.6 Å². The second kappa shape index (κ2) is 7.23. The molecule has 0 aliphatic rings. The summed E-state index contributed by atoms with van der Waals surface area (Å²) >= 11 is 2.47. The van der Waals surface area contributed by atoms with Crippen molar-refractivity contribution in [3.05, 3.63) is 68.3 Å². The molecule has 0 spiro atoms. The lowest BCUT2D eigenvalue weighted by Gasteiger charge is -2.21. The summed E-state index contributed by atoms with van der Waals surface area (Å²) in [4.78, 5) is 0. The molecule has 2 heteroatoms. The van der Waals surface area contributed by atoms with Gasteiger partial charge in [0.2, 0.25) is 0 Å². The molecule has 0 heterocycles. The molecule has 0 aromatic heterocycles. The Hall–Kier alpha value is -0.870. The van der Waals surface area contributed by atoms with E-state index in [9.17, 15) is 0 Å². The average molecular weight is 379 g/mol. The van der Waals surface area contributed by atoms with Crippen molar-refractivity contribution in [1.82, 2.24) is 5.32 Å². The Morgan fingerprint density at radius 3 is 2.55 bits per heavy atom. The SMILES string of the molecule is CCNC(Cc1cccc(C)c1)c1cccc(C)c1I. The lowest BCUT2D eigenvalue weighted by molar-refractivity contribution is 0.547. The lowest BCUT2D eigenvalue weighted by Crippen LogP contribution is -2.24. The zero-order chi connectivity index (χ0) is 14.5. The molecule has 2 aromatic carbocycles. The highest BCUT2D eigenvalue weighted by Crippen LogP contribution is 2.26. The van der Waals surface area contributed by atoms with Gasteiger partial charge >= 0.3 is 0 Å². The van der Waals surface area contributed by atoms with Crippen molar-refractivity contribution < 1.29 is 0 Å². The summed E-state index contributed by atoms with van der Waals surface area (Å²) < 4.78 is 1.38. The quantitative estimate of drug-likeness (QED) is 0.736. The zero-order valence-corrected chi connectivity index (χ0v) is 14.6. The van der Waals surface area contributed by atoms with Gasteiger partial charge in [-0.15, -0.1) is 0 Å². The Kier molecular flexibility index (Phi) is 5.61. The summed E-state index contributed by atoms with van der Waals surface area (Å²) in [6, 6.07) is 15.8. The Balaban J connectivity index is 2.29. The average Bonchev–Trinajstić information content (AvgIpc) is 2.42. The molecule has 1 nitrogen and oxygen atoms in total. The largest absolute Gasteiger partial charge is 0.310 e.